The second-order valence-electron chi connectivity index (χ2n) is 2.61. The first kappa shape index (κ1) is 9.37. The van der Waals surface area contributed by atoms with E-state index in [-0.39, 0.29) is 16.9 Å². The first-order valence-electron chi connectivity index (χ1n) is 3.78. The molecule has 0 N–H and O–H groups in total. The summed E-state index contributed by atoms with van der Waals surface area (Å²) in [6, 6.07) is 0. The highest BCUT2D eigenvalue weighted by molar-refractivity contribution is 6.25. The third kappa shape index (κ3) is 2.36. The van der Waals surface area contributed by atoms with Gasteiger partial charge in [0.25, 0.3) is 0 Å². The van der Waals surface area contributed by atoms with E-state index in [0.717, 1.165) is 13.0 Å². The van der Waals surface area contributed by atoms with Gasteiger partial charge in [0.05, 0.1) is 16.9 Å². The Hall–Kier alpha value is 0.280. The van der Waals surface area contributed by atoms with Gasteiger partial charge in [0.15, 0.2) is 0 Å². The molecule has 64 valence electrons. The van der Waals surface area contributed by atoms with Crippen LogP contribution in [0.2, 0.25) is 0 Å². The average molecular weight is 195 g/mol. The zero-order valence-corrected chi connectivity index (χ0v) is 7.98. The van der Waals surface area contributed by atoms with E-state index in [0.29, 0.717) is 0 Å². The summed E-state index contributed by atoms with van der Waals surface area (Å²) >= 11 is 12.0. The maximum atomic E-state index is 5.99. The van der Waals surface area contributed by atoms with Gasteiger partial charge >= 0.3 is 0 Å². The predicted molar refractivity (Wildman–Crippen MR) is 48.5 cm³/mol. The zero-order chi connectivity index (χ0) is 8.27. The van der Waals surface area contributed by atoms with Gasteiger partial charge in [-0.1, -0.05) is 12.2 Å². The predicted octanol–water partition coefficient (Wildman–Crippen LogP) is 2.57. The monoisotopic (exact) mass is 194 g/mol. The summed E-state index contributed by atoms with van der Waals surface area (Å²) in [4.78, 5) is 0. The third-order valence-corrected chi connectivity index (χ3v) is 2.61. The molecule has 1 fully saturated rings. The van der Waals surface area contributed by atoms with E-state index >= 15 is 0 Å². The van der Waals surface area contributed by atoms with E-state index in [2.05, 4.69) is 0 Å². The molecule has 3 unspecified atom stereocenters. The Morgan fingerprint density at radius 3 is 2.82 bits per heavy atom. The van der Waals surface area contributed by atoms with Gasteiger partial charge < -0.3 is 4.74 Å². The van der Waals surface area contributed by atoms with Crippen LogP contribution in [0.3, 0.4) is 0 Å². The van der Waals surface area contributed by atoms with Crippen molar-refractivity contribution >= 4 is 23.2 Å². The topological polar surface area (TPSA) is 9.23 Å². The van der Waals surface area contributed by atoms with Crippen molar-refractivity contribution in [3.05, 3.63) is 12.2 Å². The molecule has 0 aromatic carbocycles. The van der Waals surface area contributed by atoms with Crippen LogP contribution >= 0.6 is 23.2 Å². The van der Waals surface area contributed by atoms with Gasteiger partial charge in [0, 0.05) is 6.61 Å². The Labute approximate surface area is 77.3 Å². The molecule has 0 bridgehead atoms. The minimum atomic E-state index is -0.0787. The molecule has 0 spiro atoms. The van der Waals surface area contributed by atoms with Crippen LogP contribution in [0.1, 0.15) is 13.3 Å². The molecule has 0 aromatic heterocycles. The average Bonchev–Trinajstić information content (AvgIpc) is 2.36. The Kier molecular flexibility index (Phi) is 3.70. The molecular weight excluding hydrogens is 183 g/mol. The summed E-state index contributed by atoms with van der Waals surface area (Å²) in [5.41, 5.74) is 0. The smallest absolute Gasteiger partial charge is 0.0937 e. The van der Waals surface area contributed by atoms with E-state index < -0.39 is 0 Å². The van der Waals surface area contributed by atoms with Crippen LogP contribution in [-0.4, -0.2) is 23.5 Å². The van der Waals surface area contributed by atoms with Crippen molar-refractivity contribution in [1.82, 2.24) is 0 Å². The fourth-order valence-corrected chi connectivity index (χ4v) is 1.96. The fraction of sp³-hybridized carbons (Fsp3) is 0.750. The number of halogens is 2. The molecule has 0 saturated carbocycles. The highest BCUT2D eigenvalue weighted by atomic mass is 35.5. The lowest BCUT2D eigenvalue weighted by atomic mass is 10.1. The van der Waals surface area contributed by atoms with Crippen molar-refractivity contribution in [2.24, 2.45) is 0 Å². The number of ether oxygens (including phenoxy) is 1. The van der Waals surface area contributed by atoms with Gasteiger partial charge in [-0.3, -0.25) is 0 Å². The standard InChI is InChI=1S/C8H12Cl2O/c1-2-3-6(9)8-7(10)4-5-11-8/h2-3,6-8H,4-5H2,1H3/b3-2+. The van der Waals surface area contributed by atoms with E-state index in [1.807, 2.05) is 19.1 Å². The van der Waals surface area contributed by atoms with Crippen LogP contribution in [0.25, 0.3) is 0 Å². The van der Waals surface area contributed by atoms with Gasteiger partial charge in [-0.25, -0.2) is 0 Å². The summed E-state index contributed by atoms with van der Waals surface area (Å²) < 4.78 is 5.36. The summed E-state index contributed by atoms with van der Waals surface area (Å²) in [7, 11) is 0. The summed E-state index contributed by atoms with van der Waals surface area (Å²) in [6.07, 6.45) is 4.73. The van der Waals surface area contributed by atoms with Gasteiger partial charge in [0.1, 0.15) is 0 Å². The lowest BCUT2D eigenvalue weighted by molar-refractivity contribution is 0.117. The van der Waals surface area contributed by atoms with Crippen molar-refractivity contribution < 1.29 is 4.74 Å². The number of allylic oxidation sites excluding steroid dienone is 1. The molecule has 1 saturated heterocycles. The third-order valence-electron chi connectivity index (χ3n) is 1.75. The normalized spacial score (nSPS) is 34.8. The number of rotatable bonds is 2. The number of alkyl halides is 2. The van der Waals surface area contributed by atoms with Crippen LogP contribution in [0.15, 0.2) is 12.2 Å². The molecule has 3 atom stereocenters. The molecule has 1 aliphatic rings. The molecule has 1 nitrogen and oxygen atoms in total. The van der Waals surface area contributed by atoms with Crippen molar-refractivity contribution in [3.63, 3.8) is 0 Å². The van der Waals surface area contributed by atoms with E-state index in [1.165, 1.54) is 0 Å². The highest BCUT2D eigenvalue weighted by Crippen LogP contribution is 2.25. The van der Waals surface area contributed by atoms with Crippen molar-refractivity contribution in [3.8, 4) is 0 Å². The first-order chi connectivity index (χ1) is 5.25. The van der Waals surface area contributed by atoms with Gasteiger partial charge in [-0.15, -0.1) is 23.2 Å². The molecule has 0 amide bonds. The Balaban J connectivity index is 2.45. The van der Waals surface area contributed by atoms with Crippen LogP contribution in [0.5, 0.6) is 0 Å². The molecule has 3 heteroatoms. The Morgan fingerprint density at radius 1 is 1.64 bits per heavy atom. The molecule has 1 aliphatic heterocycles. The zero-order valence-electron chi connectivity index (χ0n) is 6.47. The Bertz CT molecular complexity index is 147. The van der Waals surface area contributed by atoms with E-state index in [9.17, 15) is 0 Å². The lowest BCUT2D eigenvalue weighted by Gasteiger charge is -2.15. The van der Waals surface area contributed by atoms with E-state index in [1.54, 1.807) is 0 Å². The quantitative estimate of drug-likeness (QED) is 0.486. The molecule has 0 radical (unpaired) electrons. The first-order valence-corrected chi connectivity index (χ1v) is 4.65. The molecular formula is C8H12Cl2O. The minimum absolute atomic E-state index is 0.00506. The maximum Gasteiger partial charge on any atom is 0.0937 e. The van der Waals surface area contributed by atoms with E-state index in [4.69, 9.17) is 27.9 Å². The fourth-order valence-electron chi connectivity index (χ4n) is 1.17. The highest BCUT2D eigenvalue weighted by Gasteiger charge is 2.30. The molecule has 11 heavy (non-hydrogen) atoms. The van der Waals surface area contributed by atoms with Gasteiger partial charge in [0.2, 0.25) is 0 Å². The minimum Gasteiger partial charge on any atom is -0.375 e. The molecule has 0 aromatic rings. The van der Waals surface area contributed by atoms with Crippen molar-refractivity contribution in [2.75, 3.05) is 6.61 Å². The van der Waals surface area contributed by atoms with Gasteiger partial charge in [-0.2, -0.15) is 0 Å². The van der Waals surface area contributed by atoms with Crippen LogP contribution in [0, 0.1) is 0 Å². The van der Waals surface area contributed by atoms with Crippen LogP contribution in [-0.2, 0) is 4.74 Å². The summed E-state index contributed by atoms with van der Waals surface area (Å²) in [5.74, 6) is 0. The SMILES string of the molecule is C/C=C/C(Cl)C1OCCC1Cl. The van der Waals surface area contributed by atoms with Crippen molar-refractivity contribution in [2.45, 2.75) is 30.2 Å². The maximum absolute atomic E-state index is 5.99. The summed E-state index contributed by atoms with van der Waals surface area (Å²) in [6.45, 7) is 2.67. The lowest BCUT2D eigenvalue weighted by Crippen LogP contribution is -2.25. The van der Waals surface area contributed by atoms with Gasteiger partial charge in [-0.05, 0) is 13.3 Å². The molecule has 0 aliphatic carbocycles. The number of hydrogen-bond donors (Lipinski definition) is 0. The van der Waals surface area contributed by atoms with Crippen LogP contribution < -0.4 is 0 Å². The largest absolute Gasteiger partial charge is 0.375 e. The van der Waals surface area contributed by atoms with Crippen LogP contribution in [0.4, 0.5) is 0 Å². The van der Waals surface area contributed by atoms with Crippen molar-refractivity contribution in [1.29, 1.82) is 0 Å². The second-order valence-corrected chi connectivity index (χ2v) is 3.67. The Morgan fingerprint density at radius 2 is 2.36 bits per heavy atom. The number of hydrogen-bond acceptors (Lipinski definition) is 1. The summed E-state index contributed by atoms with van der Waals surface area (Å²) in [5, 5.41) is -0.00120. The second kappa shape index (κ2) is 4.34. The molecule has 1 heterocycles. The molecule has 1 rings (SSSR count).